The van der Waals surface area contributed by atoms with Gasteiger partial charge in [0, 0.05) is 23.8 Å². The van der Waals surface area contributed by atoms with Gasteiger partial charge in [-0.2, -0.15) is 0 Å². The molecule has 1 atom stereocenters. The SMILES string of the molecule is CC(C)(C)OC(=O)N1CCC2=CN(c3cccc(Br)c3Cl)NC2C1. The van der Waals surface area contributed by atoms with Gasteiger partial charge in [-0.3, -0.25) is 5.01 Å². The molecule has 1 aromatic rings. The van der Waals surface area contributed by atoms with Gasteiger partial charge in [0.2, 0.25) is 0 Å². The lowest BCUT2D eigenvalue weighted by molar-refractivity contribution is 0.0220. The van der Waals surface area contributed by atoms with E-state index in [0.717, 1.165) is 16.6 Å². The van der Waals surface area contributed by atoms with Gasteiger partial charge in [-0.1, -0.05) is 17.7 Å². The molecule has 0 saturated carbocycles. The maximum atomic E-state index is 12.3. The molecule has 2 aliphatic rings. The number of hydrogen-bond donors (Lipinski definition) is 1. The van der Waals surface area contributed by atoms with Gasteiger partial charge in [0.15, 0.2) is 0 Å². The Morgan fingerprint density at radius 2 is 2.17 bits per heavy atom. The lowest BCUT2D eigenvalue weighted by atomic mass is 10.0. The lowest BCUT2D eigenvalue weighted by Gasteiger charge is -2.34. The summed E-state index contributed by atoms with van der Waals surface area (Å²) in [7, 11) is 0. The first-order valence-electron chi connectivity index (χ1n) is 7.92. The largest absolute Gasteiger partial charge is 0.444 e. The number of likely N-dealkylation sites (tertiary alicyclic amines) is 1. The predicted molar refractivity (Wildman–Crippen MR) is 99.1 cm³/mol. The Kier molecular flexibility index (Phi) is 4.82. The quantitative estimate of drug-likeness (QED) is 0.743. The summed E-state index contributed by atoms with van der Waals surface area (Å²) in [6.07, 6.45) is 2.63. The van der Waals surface area contributed by atoms with Gasteiger partial charge in [-0.15, -0.1) is 0 Å². The third kappa shape index (κ3) is 3.71. The van der Waals surface area contributed by atoms with Gasteiger partial charge in [-0.05, 0) is 60.8 Å². The standard InChI is InChI=1S/C17H21BrClN3O2/c1-17(2,3)24-16(23)21-8-7-11-9-22(20-13(11)10-21)14-6-4-5-12(18)15(14)19/h4-6,9,13,20H,7-8,10H2,1-3H3. The van der Waals surface area contributed by atoms with Crippen LogP contribution in [0.25, 0.3) is 0 Å². The summed E-state index contributed by atoms with van der Waals surface area (Å²) in [5.41, 5.74) is 5.09. The van der Waals surface area contributed by atoms with Crippen LogP contribution in [-0.2, 0) is 4.74 Å². The fraction of sp³-hybridized carbons (Fsp3) is 0.471. The Balaban J connectivity index is 1.70. The number of carbonyl (C=O) groups excluding carboxylic acids is 1. The minimum atomic E-state index is -0.480. The van der Waals surface area contributed by atoms with Crippen LogP contribution in [-0.4, -0.2) is 35.7 Å². The Morgan fingerprint density at radius 1 is 1.42 bits per heavy atom. The van der Waals surface area contributed by atoms with Crippen molar-refractivity contribution in [3.63, 3.8) is 0 Å². The molecular formula is C17H21BrClN3O2. The molecule has 2 heterocycles. The van der Waals surface area contributed by atoms with E-state index >= 15 is 0 Å². The zero-order valence-electron chi connectivity index (χ0n) is 14.0. The van der Waals surface area contributed by atoms with Crippen molar-refractivity contribution in [1.29, 1.82) is 0 Å². The normalized spacial score (nSPS) is 20.7. The van der Waals surface area contributed by atoms with Crippen LogP contribution in [0, 0.1) is 0 Å². The molecule has 1 aromatic carbocycles. The second kappa shape index (κ2) is 6.58. The Labute approximate surface area is 155 Å². The Morgan fingerprint density at radius 3 is 2.88 bits per heavy atom. The summed E-state index contributed by atoms with van der Waals surface area (Å²) >= 11 is 9.83. The molecule has 0 aromatic heterocycles. The molecule has 0 spiro atoms. The van der Waals surface area contributed by atoms with Crippen molar-refractivity contribution in [2.75, 3.05) is 18.1 Å². The minimum absolute atomic E-state index is 0.0846. The van der Waals surface area contributed by atoms with Crippen molar-refractivity contribution in [3.8, 4) is 0 Å². The van der Waals surface area contributed by atoms with Crippen molar-refractivity contribution in [1.82, 2.24) is 10.3 Å². The van der Waals surface area contributed by atoms with Crippen LogP contribution in [0.15, 0.2) is 34.4 Å². The number of ether oxygens (including phenoxy) is 1. The van der Waals surface area contributed by atoms with Crippen molar-refractivity contribution in [2.45, 2.75) is 38.8 Å². The molecule has 130 valence electrons. The molecular weight excluding hydrogens is 394 g/mol. The number of fused-ring (bicyclic) bond motifs is 1. The van der Waals surface area contributed by atoms with Crippen molar-refractivity contribution < 1.29 is 9.53 Å². The van der Waals surface area contributed by atoms with Crippen LogP contribution in [0.1, 0.15) is 27.2 Å². The number of nitrogens with one attached hydrogen (secondary N) is 1. The van der Waals surface area contributed by atoms with Gasteiger partial charge < -0.3 is 9.64 Å². The third-order valence-corrected chi connectivity index (χ3v) is 5.24. The topological polar surface area (TPSA) is 44.8 Å². The third-order valence-electron chi connectivity index (χ3n) is 3.95. The van der Waals surface area contributed by atoms with E-state index in [0.29, 0.717) is 18.1 Å². The zero-order chi connectivity index (χ0) is 17.5. The monoisotopic (exact) mass is 413 g/mol. The molecule has 24 heavy (non-hydrogen) atoms. The van der Waals surface area contributed by atoms with E-state index in [1.54, 1.807) is 4.90 Å². The number of nitrogens with zero attached hydrogens (tertiary/aromatic N) is 2. The van der Waals surface area contributed by atoms with Crippen molar-refractivity contribution in [3.05, 3.63) is 39.5 Å². The molecule has 1 amide bonds. The van der Waals surface area contributed by atoms with Gasteiger partial charge in [0.1, 0.15) is 5.60 Å². The Hall–Kier alpha value is -1.24. The molecule has 7 heteroatoms. The molecule has 0 radical (unpaired) electrons. The van der Waals surface area contributed by atoms with Crippen LogP contribution in [0.2, 0.25) is 5.02 Å². The zero-order valence-corrected chi connectivity index (χ0v) is 16.3. The summed E-state index contributed by atoms with van der Waals surface area (Å²) in [5.74, 6) is 0. The number of piperidine rings is 1. The minimum Gasteiger partial charge on any atom is -0.444 e. The number of benzene rings is 1. The molecule has 1 saturated heterocycles. The molecule has 2 aliphatic heterocycles. The number of rotatable bonds is 1. The summed E-state index contributed by atoms with van der Waals surface area (Å²) in [6.45, 7) is 6.89. The van der Waals surface area contributed by atoms with E-state index in [1.807, 2.05) is 44.0 Å². The van der Waals surface area contributed by atoms with Crippen LogP contribution in [0.5, 0.6) is 0 Å². The van der Waals surface area contributed by atoms with E-state index in [9.17, 15) is 4.79 Å². The summed E-state index contributed by atoms with van der Waals surface area (Å²) < 4.78 is 6.32. The molecule has 5 nitrogen and oxygen atoms in total. The van der Waals surface area contributed by atoms with E-state index in [4.69, 9.17) is 16.3 Å². The highest BCUT2D eigenvalue weighted by Gasteiger charge is 2.34. The molecule has 1 unspecified atom stereocenters. The maximum Gasteiger partial charge on any atom is 0.410 e. The maximum absolute atomic E-state index is 12.3. The van der Waals surface area contributed by atoms with Gasteiger partial charge >= 0.3 is 6.09 Å². The average molecular weight is 415 g/mol. The fourth-order valence-corrected chi connectivity index (χ4v) is 3.40. The second-order valence-corrected chi connectivity index (χ2v) is 8.24. The lowest BCUT2D eigenvalue weighted by Crippen LogP contribution is -2.50. The predicted octanol–water partition coefficient (Wildman–Crippen LogP) is 4.32. The summed E-state index contributed by atoms with van der Waals surface area (Å²) in [5, 5.41) is 2.59. The smallest absolute Gasteiger partial charge is 0.410 e. The number of anilines is 1. The van der Waals surface area contributed by atoms with Gasteiger partial charge in [0.25, 0.3) is 0 Å². The van der Waals surface area contributed by atoms with E-state index in [2.05, 4.69) is 27.6 Å². The van der Waals surface area contributed by atoms with Crippen molar-refractivity contribution in [2.24, 2.45) is 0 Å². The molecule has 3 rings (SSSR count). The number of carbonyl (C=O) groups is 1. The number of amides is 1. The van der Waals surface area contributed by atoms with E-state index in [1.165, 1.54) is 5.57 Å². The second-order valence-electron chi connectivity index (χ2n) is 7.01. The fourth-order valence-electron chi connectivity index (χ4n) is 2.83. The highest BCUT2D eigenvalue weighted by Crippen LogP contribution is 2.35. The van der Waals surface area contributed by atoms with Gasteiger partial charge in [0.05, 0.1) is 16.8 Å². The van der Waals surface area contributed by atoms with Crippen LogP contribution in [0.3, 0.4) is 0 Å². The first-order chi connectivity index (χ1) is 11.2. The van der Waals surface area contributed by atoms with Gasteiger partial charge in [-0.25, -0.2) is 10.2 Å². The summed E-state index contributed by atoms with van der Waals surface area (Å²) in [6, 6.07) is 5.90. The highest BCUT2D eigenvalue weighted by atomic mass is 79.9. The first kappa shape index (κ1) is 17.6. The number of hydrogen-bond acceptors (Lipinski definition) is 4. The van der Waals surface area contributed by atoms with Crippen LogP contribution in [0.4, 0.5) is 10.5 Å². The molecule has 1 N–H and O–H groups in total. The number of hydrazine groups is 1. The van der Waals surface area contributed by atoms with Crippen LogP contribution < -0.4 is 10.4 Å². The van der Waals surface area contributed by atoms with E-state index in [-0.39, 0.29) is 12.1 Å². The first-order valence-corrected chi connectivity index (χ1v) is 9.09. The summed E-state index contributed by atoms with van der Waals surface area (Å²) in [4.78, 5) is 14.0. The molecule has 0 bridgehead atoms. The average Bonchev–Trinajstić information content (AvgIpc) is 2.91. The molecule has 1 fully saturated rings. The van der Waals surface area contributed by atoms with Crippen molar-refractivity contribution >= 4 is 39.3 Å². The van der Waals surface area contributed by atoms with E-state index < -0.39 is 5.60 Å². The highest BCUT2D eigenvalue weighted by molar-refractivity contribution is 9.10. The van der Waals surface area contributed by atoms with Crippen LogP contribution >= 0.6 is 27.5 Å². The molecule has 0 aliphatic carbocycles. The number of halogens is 2. The Bertz CT molecular complexity index is 687.